The lowest BCUT2D eigenvalue weighted by molar-refractivity contribution is 0.0967. The Morgan fingerprint density at radius 2 is 2.26 bits per heavy atom. The highest BCUT2D eigenvalue weighted by molar-refractivity contribution is 7.73. The number of nitrogen functional groups attached to an aromatic ring is 1. The van der Waals surface area contributed by atoms with Gasteiger partial charge in [0.2, 0.25) is 0 Å². The van der Waals surface area contributed by atoms with E-state index in [1.54, 1.807) is 0 Å². The van der Waals surface area contributed by atoms with Gasteiger partial charge in [0.15, 0.2) is 3.95 Å². The fraction of sp³-hybridized carbons (Fsp3) is 0.0909. The summed E-state index contributed by atoms with van der Waals surface area (Å²) in [6.45, 7) is 0. The van der Waals surface area contributed by atoms with E-state index in [0.29, 0.717) is 14.5 Å². The summed E-state index contributed by atoms with van der Waals surface area (Å²) >= 11 is 12.0. The smallest absolute Gasteiger partial charge is 0.264 e. The third kappa shape index (κ3) is 2.49. The lowest BCUT2D eigenvalue weighted by Crippen LogP contribution is -2.18. The molecule has 100 valence electrons. The van der Waals surface area contributed by atoms with E-state index >= 15 is 0 Å². The first-order valence-electron chi connectivity index (χ1n) is 5.14. The molecular weight excluding hydrogens is 309 g/mol. The largest absolute Gasteiger partial charge is 0.383 e. The number of hydrogen-bond donors (Lipinski definition) is 2. The molecule has 0 unspecified atom stereocenters. The number of nitrogens with two attached hydrogens (primary N) is 1. The van der Waals surface area contributed by atoms with Crippen LogP contribution in [-0.2, 0) is 0 Å². The minimum Gasteiger partial charge on any atom is -0.383 e. The minimum atomic E-state index is -0.530. The zero-order valence-corrected chi connectivity index (χ0v) is 12.1. The SMILES string of the molecule is CNC(=O)c1sc(=S)n(-c2ccc(F)c(Cl)c2)c1N. The van der Waals surface area contributed by atoms with Gasteiger partial charge in [0.25, 0.3) is 5.91 Å². The zero-order valence-electron chi connectivity index (χ0n) is 9.74. The molecule has 2 aromatic rings. The first-order valence-corrected chi connectivity index (χ1v) is 6.74. The highest BCUT2D eigenvalue weighted by Gasteiger charge is 2.17. The highest BCUT2D eigenvalue weighted by atomic mass is 35.5. The monoisotopic (exact) mass is 317 g/mol. The number of carbonyl (C=O) groups is 1. The summed E-state index contributed by atoms with van der Waals surface area (Å²) in [6.07, 6.45) is 0. The van der Waals surface area contributed by atoms with Gasteiger partial charge in [-0.2, -0.15) is 0 Å². The van der Waals surface area contributed by atoms with Crippen molar-refractivity contribution in [2.45, 2.75) is 0 Å². The van der Waals surface area contributed by atoms with Crippen LogP contribution in [0, 0.1) is 9.77 Å². The predicted molar refractivity (Wildman–Crippen MR) is 77.3 cm³/mol. The van der Waals surface area contributed by atoms with E-state index in [0.717, 1.165) is 11.3 Å². The number of aromatic nitrogens is 1. The van der Waals surface area contributed by atoms with Crippen LogP contribution in [-0.4, -0.2) is 17.5 Å². The molecule has 1 aromatic heterocycles. The summed E-state index contributed by atoms with van der Waals surface area (Å²) in [5, 5.41) is 2.44. The Morgan fingerprint density at radius 3 is 2.84 bits per heavy atom. The normalized spacial score (nSPS) is 10.5. The molecule has 0 atom stereocenters. The maximum absolute atomic E-state index is 13.1. The molecule has 3 N–H and O–H groups in total. The number of thiazole rings is 1. The molecule has 1 aromatic carbocycles. The van der Waals surface area contributed by atoms with Gasteiger partial charge in [-0.1, -0.05) is 22.9 Å². The molecule has 0 radical (unpaired) electrons. The average Bonchev–Trinajstić information content (AvgIpc) is 2.68. The molecule has 0 aliphatic rings. The van der Waals surface area contributed by atoms with Crippen LogP contribution in [0.25, 0.3) is 5.69 Å². The number of nitrogens with zero attached hydrogens (tertiary/aromatic N) is 1. The van der Waals surface area contributed by atoms with Crippen LogP contribution in [0.1, 0.15) is 9.67 Å². The van der Waals surface area contributed by atoms with Crippen molar-refractivity contribution in [2.24, 2.45) is 0 Å². The van der Waals surface area contributed by atoms with Gasteiger partial charge in [-0.3, -0.25) is 9.36 Å². The van der Waals surface area contributed by atoms with E-state index < -0.39 is 5.82 Å². The summed E-state index contributed by atoms with van der Waals surface area (Å²) < 4.78 is 15.0. The molecule has 4 nitrogen and oxygen atoms in total. The second-order valence-corrected chi connectivity index (χ2v) is 5.65. The molecule has 0 saturated heterocycles. The van der Waals surface area contributed by atoms with Gasteiger partial charge in [-0.15, -0.1) is 0 Å². The number of rotatable bonds is 2. The maximum Gasteiger partial charge on any atom is 0.264 e. The van der Waals surface area contributed by atoms with Gasteiger partial charge in [0.05, 0.1) is 10.7 Å². The molecule has 2 rings (SSSR count). The number of anilines is 1. The Labute approximate surface area is 122 Å². The Hall–Kier alpha value is -1.44. The second-order valence-electron chi connectivity index (χ2n) is 3.60. The fourth-order valence-corrected chi connectivity index (χ4v) is 3.02. The molecular formula is C11H9ClFN3OS2. The fourth-order valence-electron chi connectivity index (χ4n) is 1.53. The highest BCUT2D eigenvalue weighted by Crippen LogP contribution is 2.28. The van der Waals surface area contributed by atoms with Crippen molar-refractivity contribution >= 4 is 46.9 Å². The second kappa shape index (κ2) is 5.28. The molecule has 0 fully saturated rings. The lowest BCUT2D eigenvalue weighted by atomic mass is 10.3. The molecule has 0 spiro atoms. The minimum absolute atomic E-state index is 0.0357. The van der Waals surface area contributed by atoms with Gasteiger partial charge in [-0.05, 0) is 30.4 Å². The molecule has 0 aliphatic heterocycles. The molecule has 0 bridgehead atoms. The molecule has 0 saturated carbocycles. The standard InChI is InChI=1S/C11H9ClFN3OS2/c1-15-10(17)8-9(14)16(11(18)19-8)5-2-3-7(13)6(12)4-5/h2-4H,14H2,1H3,(H,15,17). The van der Waals surface area contributed by atoms with Crippen LogP contribution in [0.15, 0.2) is 18.2 Å². The van der Waals surface area contributed by atoms with Crippen molar-refractivity contribution in [3.8, 4) is 5.69 Å². The molecule has 8 heteroatoms. The summed E-state index contributed by atoms with van der Waals surface area (Å²) in [4.78, 5) is 11.9. The molecule has 1 amide bonds. The van der Waals surface area contributed by atoms with E-state index in [4.69, 9.17) is 29.6 Å². The summed E-state index contributed by atoms with van der Waals surface area (Å²) in [7, 11) is 1.50. The number of nitrogens with one attached hydrogen (secondary N) is 1. The van der Waals surface area contributed by atoms with Gasteiger partial charge in [0, 0.05) is 7.05 Å². The first-order chi connectivity index (χ1) is 8.95. The Balaban J connectivity index is 2.63. The van der Waals surface area contributed by atoms with Gasteiger partial charge < -0.3 is 11.1 Å². The average molecular weight is 318 g/mol. The van der Waals surface area contributed by atoms with Crippen LogP contribution in [0.5, 0.6) is 0 Å². The van der Waals surface area contributed by atoms with Crippen LogP contribution >= 0.6 is 35.2 Å². The topological polar surface area (TPSA) is 60.0 Å². The Kier molecular flexibility index (Phi) is 3.88. The number of hydrogen-bond acceptors (Lipinski definition) is 4. The van der Waals surface area contributed by atoms with E-state index in [1.807, 2.05) is 0 Å². The van der Waals surface area contributed by atoms with Gasteiger partial charge in [0.1, 0.15) is 16.5 Å². The maximum atomic E-state index is 13.1. The number of benzene rings is 1. The van der Waals surface area contributed by atoms with Gasteiger partial charge in [-0.25, -0.2) is 4.39 Å². The van der Waals surface area contributed by atoms with Crippen LogP contribution < -0.4 is 11.1 Å². The van der Waals surface area contributed by atoms with Crippen LogP contribution in [0.2, 0.25) is 5.02 Å². The van der Waals surface area contributed by atoms with E-state index in [2.05, 4.69) is 5.32 Å². The zero-order chi connectivity index (χ0) is 14.2. The third-order valence-corrected chi connectivity index (χ3v) is 4.12. The van der Waals surface area contributed by atoms with Gasteiger partial charge >= 0.3 is 0 Å². The summed E-state index contributed by atoms with van der Waals surface area (Å²) in [5.41, 5.74) is 6.42. The van der Waals surface area contributed by atoms with E-state index in [9.17, 15) is 9.18 Å². The van der Waals surface area contributed by atoms with E-state index in [1.165, 1.54) is 29.8 Å². The lowest BCUT2D eigenvalue weighted by Gasteiger charge is -2.07. The number of amides is 1. The van der Waals surface area contributed by atoms with Crippen molar-refractivity contribution in [1.29, 1.82) is 0 Å². The van der Waals surface area contributed by atoms with Crippen LogP contribution in [0.3, 0.4) is 0 Å². The van der Waals surface area contributed by atoms with Crippen LogP contribution in [0.4, 0.5) is 10.2 Å². The Morgan fingerprint density at radius 1 is 1.58 bits per heavy atom. The molecule has 1 heterocycles. The molecule has 19 heavy (non-hydrogen) atoms. The first kappa shape index (κ1) is 14.0. The number of halogens is 2. The van der Waals surface area contributed by atoms with E-state index in [-0.39, 0.29) is 16.7 Å². The molecule has 0 aliphatic carbocycles. The van der Waals surface area contributed by atoms with Crippen molar-refractivity contribution in [3.05, 3.63) is 37.9 Å². The summed E-state index contributed by atoms with van der Waals surface area (Å²) in [6, 6.07) is 4.12. The van der Waals surface area contributed by atoms with Crippen molar-refractivity contribution in [1.82, 2.24) is 9.88 Å². The number of carbonyl (C=O) groups excluding carboxylic acids is 1. The van der Waals surface area contributed by atoms with Crippen molar-refractivity contribution < 1.29 is 9.18 Å². The summed E-state index contributed by atoms with van der Waals surface area (Å²) in [5.74, 6) is -0.644. The quantitative estimate of drug-likeness (QED) is 0.837. The van der Waals surface area contributed by atoms with Crippen molar-refractivity contribution in [2.75, 3.05) is 12.8 Å². The Bertz CT molecular complexity index is 710. The van der Waals surface area contributed by atoms with Crippen molar-refractivity contribution in [3.63, 3.8) is 0 Å². The predicted octanol–water partition coefficient (Wildman–Crippen LogP) is 3.00. The third-order valence-electron chi connectivity index (χ3n) is 2.44.